The molecule has 1 aliphatic heterocycles. The smallest absolute Gasteiger partial charge is 0.0545 e. The van der Waals surface area contributed by atoms with Gasteiger partial charge in [-0.25, -0.2) is 5.26 Å². The summed E-state index contributed by atoms with van der Waals surface area (Å²) in [7, 11) is 0. The molecule has 4 atom stereocenters. The summed E-state index contributed by atoms with van der Waals surface area (Å²) in [5.41, 5.74) is 2.34. The van der Waals surface area contributed by atoms with Gasteiger partial charge in [0.1, 0.15) is 0 Å². The van der Waals surface area contributed by atoms with Crippen LogP contribution in [0.4, 0.5) is 0 Å². The van der Waals surface area contributed by atoms with E-state index in [4.69, 9.17) is 15.7 Å². The van der Waals surface area contributed by atoms with Crippen LogP contribution in [0.1, 0.15) is 62.8 Å². The van der Waals surface area contributed by atoms with Crippen molar-refractivity contribution in [1.82, 2.24) is 26.3 Å². The fourth-order valence-corrected chi connectivity index (χ4v) is 4.95. The average molecular weight is 529 g/mol. The molecule has 2 fully saturated rings. The number of thiocarbonyl (C=S) groups is 1. The molecule has 1 aromatic heterocycles. The minimum absolute atomic E-state index is 0. The Bertz CT molecular complexity index is 695. The van der Waals surface area contributed by atoms with Crippen molar-refractivity contribution >= 4 is 30.0 Å². The van der Waals surface area contributed by atoms with Crippen LogP contribution < -0.4 is 21.3 Å². The molecule has 10 heteroatoms. The molecule has 4 rings (SSSR count). The number of hydrogen-bond donors (Lipinski definition) is 4. The number of isothiocyanates is 1. The Morgan fingerprint density at radius 3 is 1.55 bits per heavy atom. The van der Waals surface area contributed by atoms with E-state index in [1.54, 1.807) is 0 Å². The van der Waals surface area contributed by atoms with Crippen molar-refractivity contribution in [2.45, 2.75) is 88.6 Å². The van der Waals surface area contributed by atoms with Crippen LogP contribution in [0.3, 0.4) is 0 Å². The van der Waals surface area contributed by atoms with Gasteiger partial charge in [-0.05, 0) is 37.8 Å². The molecule has 2 aliphatic carbocycles. The summed E-state index contributed by atoms with van der Waals surface area (Å²) in [4.78, 5) is 4.89. The van der Waals surface area contributed by atoms with Crippen molar-refractivity contribution < 1.29 is 17.1 Å². The van der Waals surface area contributed by atoms with Gasteiger partial charge in [0.25, 0.3) is 0 Å². The first-order valence-corrected chi connectivity index (χ1v) is 12.4. The van der Waals surface area contributed by atoms with Crippen LogP contribution in [-0.4, -0.2) is 47.4 Å². The monoisotopic (exact) mass is 528 g/mol. The van der Waals surface area contributed by atoms with Crippen LogP contribution in [0.5, 0.6) is 0 Å². The van der Waals surface area contributed by atoms with Gasteiger partial charge in [0.05, 0.1) is 11.4 Å². The number of thiocyanates is 1. The van der Waals surface area contributed by atoms with Crippen molar-refractivity contribution in [2.75, 3.05) is 13.1 Å². The molecule has 2 unspecified atom stereocenters. The summed E-state index contributed by atoms with van der Waals surface area (Å²) in [6.07, 6.45) is 10.5. The van der Waals surface area contributed by atoms with Gasteiger partial charge in [-0.2, -0.15) is 5.16 Å². The second-order valence-electron chi connectivity index (χ2n) is 8.47. The van der Waals surface area contributed by atoms with Gasteiger partial charge >= 0.3 is 0 Å². The number of fused-ring (bicyclic) bond motifs is 4. The minimum Gasteiger partial charge on any atom is -0.753 e. The van der Waals surface area contributed by atoms with Crippen LogP contribution in [-0.2, 0) is 42.8 Å². The molecule has 0 aromatic carbocycles. The second-order valence-corrected chi connectivity index (χ2v) is 8.83. The number of nitrogens with one attached hydrogen (secondary N) is 4. The predicted octanol–water partition coefficient (Wildman–Crippen LogP) is 2.75. The summed E-state index contributed by atoms with van der Waals surface area (Å²) >= 11 is 7.40. The standard InChI is InChI=1S/C21H35N5.CHNS.CNS.Mn/c1-3-10-20-18(8-1)22-12-13-23-19-9-2-4-11-21(19)25-15-17-7-5-6-16(26-17)14-24-20;2*2-1-3;/h5-7,18-25H,1-4,8-15H2;3H;;/q;;-1;/p-1/t18?,19?,20-,21-;;;/m1.../s1. The van der Waals surface area contributed by atoms with Gasteiger partial charge in [-0.1, -0.05) is 49.4 Å². The largest absolute Gasteiger partial charge is 0.753 e. The Morgan fingerprint density at radius 1 is 0.848 bits per heavy atom. The zero-order valence-electron chi connectivity index (χ0n) is 19.1. The molecule has 0 saturated heterocycles. The molecule has 1 aromatic rings. The van der Waals surface area contributed by atoms with E-state index < -0.39 is 0 Å². The normalized spacial score (nSPS) is 27.2. The third-order valence-electron chi connectivity index (χ3n) is 6.43. The van der Waals surface area contributed by atoms with Crippen molar-refractivity contribution in [3.05, 3.63) is 35.0 Å². The summed E-state index contributed by atoms with van der Waals surface area (Å²) in [6, 6.07) is 8.81. The first kappa shape index (κ1) is 30.1. The van der Waals surface area contributed by atoms with E-state index in [1.165, 1.54) is 73.3 Å². The Kier molecular flexibility index (Phi) is 16.7. The molecule has 2 saturated carbocycles. The molecule has 2 heterocycles. The van der Waals surface area contributed by atoms with Gasteiger partial charge < -0.3 is 39.3 Å². The third-order valence-corrected chi connectivity index (χ3v) is 6.43. The molecular formula is C23H35MnN7S2-2. The Morgan fingerprint density at radius 2 is 1.18 bits per heavy atom. The van der Waals surface area contributed by atoms with E-state index in [0.717, 1.165) is 26.2 Å². The molecule has 4 N–H and O–H groups in total. The van der Waals surface area contributed by atoms with E-state index >= 15 is 0 Å². The third kappa shape index (κ3) is 11.3. The molecule has 183 valence electrons. The molecule has 33 heavy (non-hydrogen) atoms. The number of aromatic nitrogens is 1. The number of nitriles is 1. The number of rotatable bonds is 0. The summed E-state index contributed by atoms with van der Waals surface area (Å²) in [5, 5.41) is 32.2. The number of hydrogen-bond acceptors (Lipinski definition) is 8. The van der Waals surface area contributed by atoms with E-state index in [-0.39, 0.29) is 17.1 Å². The summed E-state index contributed by atoms with van der Waals surface area (Å²) < 4.78 is 0. The van der Waals surface area contributed by atoms with E-state index in [1.807, 2.05) is 0 Å². The van der Waals surface area contributed by atoms with Crippen LogP contribution in [0, 0.1) is 10.7 Å². The predicted molar refractivity (Wildman–Crippen MR) is 135 cm³/mol. The zero-order chi connectivity index (χ0) is 23.0. The first-order valence-electron chi connectivity index (χ1n) is 11.6. The maximum atomic E-state index is 7.13. The van der Waals surface area contributed by atoms with Gasteiger partial charge in [0.15, 0.2) is 0 Å². The minimum atomic E-state index is 0. The second kappa shape index (κ2) is 18.4. The zero-order valence-corrected chi connectivity index (χ0v) is 21.9. The molecular weight excluding hydrogens is 493 g/mol. The van der Waals surface area contributed by atoms with Crippen molar-refractivity contribution in [2.24, 2.45) is 0 Å². The van der Waals surface area contributed by atoms with Gasteiger partial charge in [-0.15, -0.1) is 0 Å². The van der Waals surface area contributed by atoms with Crippen molar-refractivity contribution in [3.8, 4) is 5.40 Å². The van der Waals surface area contributed by atoms with Crippen LogP contribution in [0.2, 0.25) is 0 Å². The average Bonchev–Trinajstić information content (AvgIpc) is 2.81. The van der Waals surface area contributed by atoms with Crippen molar-refractivity contribution in [1.29, 1.82) is 5.26 Å². The summed E-state index contributed by atoms with van der Waals surface area (Å²) in [6.45, 7) is 3.89. The number of pyridine rings is 1. The van der Waals surface area contributed by atoms with Gasteiger partial charge in [-0.3, -0.25) is 4.98 Å². The van der Waals surface area contributed by atoms with Crippen LogP contribution in [0.25, 0.3) is 5.41 Å². The van der Waals surface area contributed by atoms with E-state index in [2.05, 4.69) is 64.3 Å². The molecule has 0 spiro atoms. The van der Waals surface area contributed by atoms with E-state index in [0.29, 0.717) is 24.2 Å². The fraction of sp³-hybridized carbons (Fsp3) is 0.696. The fourth-order valence-electron chi connectivity index (χ4n) is 4.95. The molecule has 7 nitrogen and oxygen atoms in total. The van der Waals surface area contributed by atoms with Crippen molar-refractivity contribution in [3.63, 3.8) is 0 Å². The maximum absolute atomic E-state index is 7.13. The topological polar surface area (TPSA) is 107 Å². The van der Waals surface area contributed by atoms with Crippen LogP contribution in [0.15, 0.2) is 18.2 Å². The van der Waals surface area contributed by atoms with Gasteiger partial charge in [0.2, 0.25) is 0 Å². The quantitative estimate of drug-likeness (QED) is 0.134. The Balaban J connectivity index is 0.000000706. The van der Waals surface area contributed by atoms with E-state index in [9.17, 15) is 0 Å². The molecule has 2 bridgehead atoms. The molecule has 0 amide bonds. The summed E-state index contributed by atoms with van der Waals surface area (Å²) in [5.74, 6) is 0. The first-order chi connectivity index (χ1) is 15.7. The molecule has 3 aliphatic rings. The maximum Gasteiger partial charge on any atom is 0.0545 e. The Hall–Kier alpha value is -0.981. The Labute approximate surface area is 220 Å². The number of nitrogens with zero attached hydrogens (tertiary/aromatic N) is 3. The SMILES string of the molecule is N#C[S-].[Mn].[N-]=C=S.c1cc2nc(c1)CN[C@@H]1CCCCC1NCCNC1CCCC[C@H]1NC2. The molecule has 1 radical (unpaired) electrons. The van der Waals surface area contributed by atoms with Gasteiger partial charge in [0, 0.05) is 67.4 Å². The van der Waals surface area contributed by atoms with Crippen LogP contribution >= 0.6 is 12.2 Å².